The van der Waals surface area contributed by atoms with Crippen molar-refractivity contribution in [1.29, 1.82) is 5.26 Å². The average molecular weight is 276 g/mol. The highest BCUT2D eigenvalue weighted by Crippen LogP contribution is 2.39. The number of alkyl halides is 3. The number of nitrogens with one attached hydrogen (secondary N) is 1. The summed E-state index contributed by atoms with van der Waals surface area (Å²) < 4.78 is 37.9. The fraction of sp³-hybridized carbons (Fsp3) is 0.846. The van der Waals surface area contributed by atoms with Crippen LogP contribution in [0.2, 0.25) is 0 Å². The molecule has 1 aliphatic rings. The first-order valence-electron chi connectivity index (χ1n) is 6.41. The predicted octanol–water partition coefficient (Wildman–Crippen LogP) is 3.02. The van der Waals surface area contributed by atoms with Crippen molar-refractivity contribution >= 4 is 5.91 Å². The van der Waals surface area contributed by atoms with Crippen molar-refractivity contribution in [3.8, 4) is 6.07 Å². The maximum absolute atomic E-state index is 12.6. The van der Waals surface area contributed by atoms with Crippen LogP contribution < -0.4 is 5.32 Å². The molecule has 3 nitrogen and oxygen atoms in total. The maximum Gasteiger partial charge on any atom is 0.391 e. The SMILES string of the molecule is CC(C)(C#N)CNC(=O)C1CCCC(C(F)(F)F)C1. The van der Waals surface area contributed by atoms with E-state index in [4.69, 9.17) is 5.26 Å². The topological polar surface area (TPSA) is 52.9 Å². The molecule has 1 fully saturated rings. The number of hydrogen-bond acceptors (Lipinski definition) is 2. The smallest absolute Gasteiger partial charge is 0.354 e. The second kappa shape index (κ2) is 5.81. The monoisotopic (exact) mass is 276 g/mol. The Morgan fingerprint density at radius 3 is 2.53 bits per heavy atom. The highest BCUT2D eigenvalue weighted by atomic mass is 19.4. The molecule has 0 heterocycles. The van der Waals surface area contributed by atoms with Gasteiger partial charge in [-0.05, 0) is 33.1 Å². The molecule has 0 aromatic heterocycles. The lowest BCUT2D eigenvalue weighted by molar-refractivity contribution is -0.186. The van der Waals surface area contributed by atoms with Crippen LogP contribution in [0.1, 0.15) is 39.5 Å². The summed E-state index contributed by atoms with van der Waals surface area (Å²) >= 11 is 0. The molecule has 0 radical (unpaired) electrons. The molecule has 0 spiro atoms. The summed E-state index contributed by atoms with van der Waals surface area (Å²) in [5, 5.41) is 11.4. The van der Waals surface area contributed by atoms with Gasteiger partial charge in [0.1, 0.15) is 0 Å². The molecule has 2 unspecified atom stereocenters. The van der Waals surface area contributed by atoms with Gasteiger partial charge in [0.25, 0.3) is 0 Å². The molecule has 0 aromatic rings. The molecule has 1 amide bonds. The van der Waals surface area contributed by atoms with Gasteiger partial charge in [-0.25, -0.2) is 0 Å². The normalized spacial score (nSPS) is 24.6. The summed E-state index contributed by atoms with van der Waals surface area (Å²) in [6.07, 6.45) is -3.33. The van der Waals surface area contributed by atoms with E-state index in [0.29, 0.717) is 12.8 Å². The van der Waals surface area contributed by atoms with Crippen molar-refractivity contribution < 1.29 is 18.0 Å². The Bertz CT molecular complexity index is 371. The molecule has 1 N–H and O–H groups in total. The van der Waals surface area contributed by atoms with Crippen molar-refractivity contribution in [1.82, 2.24) is 5.32 Å². The minimum Gasteiger partial charge on any atom is -0.354 e. The molecule has 1 saturated carbocycles. The zero-order valence-corrected chi connectivity index (χ0v) is 11.2. The fourth-order valence-electron chi connectivity index (χ4n) is 2.22. The van der Waals surface area contributed by atoms with Crippen molar-refractivity contribution in [2.75, 3.05) is 6.54 Å². The number of hydrogen-bond donors (Lipinski definition) is 1. The van der Waals surface area contributed by atoms with E-state index < -0.39 is 23.4 Å². The summed E-state index contributed by atoms with van der Waals surface area (Å²) in [6.45, 7) is 3.51. The average Bonchev–Trinajstić information content (AvgIpc) is 2.35. The summed E-state index contributed by atoms with van der Waals surface area (Å²) in [5.41, 5.74) is -0.701. The van der Waals surface area contributed by atoms with E-state index in [1.54, 1.807) is 13.8 Å². The molecule has 2 atom stereocenters. The number of rotatable bonds is 3. The molecular weight excluding hydrogens is 257 g/mol. The van der Waals surface area contributed by atoms with Crippen molar-refractivity contribution in [3.05, 3.63) is 0 Å². The Morgan fingerprint density at radius 1 is 1.37 bits per heavy atom. The second-order valence-electron chi connectivity index (χ2n) is 5.82. The summed E-state index contributed by atoms with van der Waals surface area (Å²) in [5.74, 6) is -2.33. The fourth-order valence-corrected chi connectivity index (χ4v) is 2.22. The van der Waals surface area contributed by atoms with Crippen LogP contribution in [0.4, 0.5) is 13.2 Å². The second-order valence-corrected chi connectivity index (χ2v) is 5.82. The summed E-state index contributed by atoms with van der Waals surface area (Å²) in [6, 6.07) is 2.04. The van der Waals surface area contributed by atoms with Crippen LogP contribution in [0.25, 0.3) is 0 Å². The highest BCUT2D eigenvalue weighted by Gasteiger charge is 2.43. The Balaban J connectivity index is 2.52. The van der Waals surface area contributed by atoms with Gasteiger partial charge < -0.3 is 5.32 Å². The van der Waals surface area contributed by atoms with Crippen LogP contribution >= 0.6 is 0 Å². The van der Waals surface area contributed by atoms with Gasteiger partial charge >= 0.3 is 6.18 Å². The third kappa shape index (κ3) is 4.73. The minimum absolute atomic E-state index is 0.108. The minimum atomic E-state index is -4.22. The maximum atomic E-state index is 12.6. The van der Waals surface area contributed by atoms with Crippen LogP contribution in [0.3, 0.4) is 0 Å². The van der Waals surface area contributed by atoms with Gasteiger partial charge in [0, 0.05) is 12.5 Å². The first-order valence-corrected chi connectivity index (χ1v) is 6.41. The lowest BCUT2D eigenvalue weighted by atomic mass is 9.80. The van der Waals surface area contributed by atoms with E-state index in [0.717, 1.165) is 0 Å². The molecule has 0 aromatic carbocycles. The number of amides is 1. The molecule has 0 aliphatic heterocycles. The molecule has 19 heavy (non-hydrogen) atoms. The van der Waals surface area contributed by atoms with Crippen LogP contribution in [-0.2, 0) is 4.79 Å². The van der Waals surface area contributed by atoms with E-state index in [-0.39, 0.29) is 25.3 Å². The van der Waals surface area contributed by atoms with Gasteiger partial charge in [-0.2, -0.15) is 18.4 Å². The van der Waals surface area contributed by atoms with E-state index in [1.165, 1.54) is 0 Å². The molecule has 1 rings (SSSR count). The molecular formula is C13H19F3N2O. The molecule has 1 aliphatic carbocycles. The van der Waals surface area contributed by atoms with Crippen LogP contribution in [0.15, 0.2) is 0 Å². The Hall–Kier alpha value is -1.25. The summed E-state index contributed by atoms with van der Waals surface area (Å²) in [7, 11) is 0. The van der Waals surface area contributed by atoms with E-state index >= 15 is 0 Å². The highest BCUT2D eigenvalue weighted by molar-refractivity contribution is 5.78. The van der Waals surface area contributed by atoms with Crippen molar-refractivity contribution in [2.24, 2.45) is 17.3 Å². The number of nitrogens with zero attached hydrogens (tertiary/aromatic N) is 1. The molecule has 0 bridgehead atoms. The van der Waals surface area contributed by atoms with Gasteiger partial charge in [-0.1, -0.05) is 6.42 Å². The third-order valence-corrected chi connectivity index (χ3v) is 3.52. The summed E-state index contributed by atoms with van der Waals surface area (Å²) in [4.78, 5) is 11.8. The molecule has 108 valence electrons. The third-order valence-electron chi connectivity index (χ3n) is 3.52. The number of nitriles is 1. The zero-order chi connectivity index (χ0) is 14.7. The first kappa shape index (κ1) is 15.8. The number of carbonyl (C=O) groups excluding carboxylic acids is 1. The molecule has 0 saturated heterocycles. The van der Waals surface area contributed by atoms with Gasteiger partial charge in [0.05, 0.1) is 17.4 Å². The van der Waals surface area contributed by atoms with Crippen LogP contribution in [-0.4, -0.2) is 18.6 Å². The van der Waals surface area contributed by atoms with Gasteiger partial charge in [-0.3, -0.25) is 4.79 Å². The van der Waals surface area contributed by atoms with E-state index in [2.05, 4.69) is 5.32 Å². The lowest BCUT2D eigenvalue weighted by Gasteiger charge is -2.30. The number of carbonyl (C=O) groups is 1. The van der Waals surface area contributed by atoms with Crippen molar-refractivity contribution in [3.63, 3.8) is 0 Å². The van der Waals surface area contributed by atoms with Crippen LogP contribution in [0, 0.1) is 28.6 Å². The van der Waals surface area contributed by atoms with Crippen LogP contribution in [0.5, 0.6) is 0 Å². The largest absolute Gasteiger partial charge is 0.391 e. The predicted molar refractivity (Wildman–Crippen MR) is 63.9 cm³/mol. The Kier molecular flexibility index (Phi) is 4.83. The van der Waals surface area contributed by atoms with Gasteiger partial charge in [-0.15, -0.1) is 0 Å². The Morgan fingerprint density at radius 2 is 2.00 bits per heavy atom. The molecule has 6 heteroatoms. The zero-order valence-electron chi connectivity index (χ0n) is 11.2. The Labute approximate surface area is 111 Å². The van der Waals surface area contributed by atoms with Crippen molar-refractivity contribution in [2.45, 2.75) is 45.7 Å². The van der Waals surface area contributed by atoms with Gasteiger partial charge in [0.2, 0.25) is 5.91 Å². The number of halogens is 3. The van der Waals surface area contributed by atoms with E-state index in [1.807, 2.05) is 6.07 Å². The quantitative estimate of drug-likeness (QED) is 0.861. The first-order chi connectivity index (χ1) is 8.65. The lowest BCUT2D eigenvalue weighted by Crippen LogP contribution is -2.40. The standard InChI is InChI=1S/C13H19F3N2O/c1-12(2,7-17)8-18-11(19)9-4-3-5-10(6-9)13(14,15)16/h9-10H,3-6,8H2,1-2H3,(H,18,19). The van der Waals surface area contributed by atoms with E-state index in [9.17, 15) is 18.0 Å². The van der Waals surface area contributed by atoms with Gasteiger partial charge in [0.15, 0.2) is 0 Å².